The van der Waals surface area contributed by atoms with E-state index in [-0.39, 0.29) is 19.6 Å². The lowest BCUT2D eigenvalue weighted by molar-refractivity contribution is -0.152. The van der Waals surface area contributed by atoms with Gasteiger partial charge in [-0.3, -0.25) is 8.37 Å². The molecule has 0 spiro atoms. The fraction of sp³-hybridized carbons (Fsp3) is 0.938. The van der Waals surface area contributed by atoms with Gasteiger partial charge < -0.3 is 4.74 Å². The molecule has 10 heteroatoms. The highest BCUT2D eigenvalue weighted by molar-refractivity contribution is 7.86. The van der Waals surface area contributed by atoms with Crippen LogP contribution in [0.2, 0.25) is 0 Å². The minimum Gasteiger partial charge on any atom is -0.464 e. The molecule has 0 rings (SSSR count). The van der Waals surface area contributed by atoms with Crippen LogP contribution in [0.15, 0.2) is 0 Å². The van der Waals surface area contributed by atoms with Crippen molar-refractivity contribution in [2.75, 3.05) is 25.7 Å². The van der Waals surface area contributed by atoms with Crippen LogP contribution >= 0.6 is 0 Å². The molecule has 0 saturated heterocycles. The summed E-state index contributed by atoms with van der Waals surface area (Å²) in [7, 11) is -7.32. The second kappa shape index (κ2) is 13.5. The Kier molecular flexibility index (Phi) is 13.1. The van der Waals surface area contributed by atoms with Crippen LogP contribution in [0, 0.1) is 0 Å². The van der Waals surface area contributed by atoms with Crippen LogP contribution in [0.5, 0.6) is 0 Å². The van der Waals surface area contributed by atoms with Gasteiger partial charge in [-0.2, -0.15) is 16.8 Å². The van der Waals surface area contributed by atoms with Crippen LogP contribution in [0.4, 0.5) is 0 Å². The van der Waals surface area contributed by atoms with Crippen molar-refractivity contribution >= 4 is 26.2 Å². The molecule has 1 unspecified atom stereocenters. The summed E-state index contributed by atoms with van der Waals surface area (Å²) < 4.78 is 58.8. The van der Waals surface area contributed by atoms with Gasteiger partial charge in [0.1, 0.15) is 0 Å². The molecule has 0 bridgehead atoms. The van der Waals surface area contributed by atoms with E-state index in [0.717, 1.165) is 44.6 Å². The molecule has 156 valence electrons. The Morgan fingerprint density at radius 2 is 1.38 bits per heavy atom. The Bertz CT molecular complexity index is 583. The van der Waals surface area contributed by atoms with Gasteiger partial charge in [-0.1, -0.05) is 39.0 Å². The Morgan fingerprint density at radius 1 is 0.808 bits per heavy atom. The molecule has 0 saturated carbocycles. The highest BCUT2D eigenvalue weighted by Gasteiger charge is 2.25. The fourth-order valence-corrected chi connectivity index (χ4v) is 3.22. The summed E-state index contributed by atoms with van der Waals surface area (Å²) in [6.45, 7) is 2.33. The first-order valence-corrected chi connectivity index (χ1v) is 12.6. The zero-order valence-corrected chi connectivity index (χ0v) is 17.6. The third-order valence-corrected chi connectivity index (χ3v) is 4.63. The van der Waals surface area contributed by atoms with Crippen molar-refractivity contribution in [3.63, 3.8) is 0 Å². The molecule has 0 aromatic carbocycles. The second-order valence-corrected chi connectivity index (χ2v) is 9.49. The van der Waals surface area contributed by atoms with Crippen LogP contribution < -0.4 is 0 Å². The number of unbranched alkanes of at least 4 members (excludes halogenated alkanes) is 6. The van der Waals surface area contributed by atoms with Crippen molar-refractivity contribution in [1.29, 1.82) is 0 Å². The fourth-order valence-electron chi connectivity index (χ4n) is 2.21. The summed E-state index contributed by atoms with van der Waals surface area (Å²) in [6, 6.07) is 0. The van der Waals surface area contributed by atoms with Gasteiger partial charge >= 0.3 is 5.97 Å². The average Bonchev–Trinajstić information content (AvgIpc) is 2.50. The molecule has 0 aromatic rings. The SMILES string of the molecule is CCCCCCCCOC(=O)C(CCCCOS(C)(=O)=O)OS(C)(=O)=O. The second-order valence-electron chi connectivity index (χ2n) is 6.25. The van der Waals surface area contributed by atoms with Crippen molar-refractivity contribution in [2.45, 2.75) is 70.8 Å². The van der Waals surface area contributed by atoms with Crippen LogP contribution in [0.25, 0.3) is 0 Å². The Morgan fingerprint density at radius 3 is 1.96 bits per heavy atom. The molecule has 0 heterocycles. The van der Waals surface area contributed by atoms with E-state index in [1.54, 1.807) is 0 Å². The molecule has 8 nitrogen and oxygen atoms in total. The maximum absolute atomic E-state index is 12.0. The van der Waals surface area contributed by atoms with Crippen LogP contribution in [-0.2, 0) is 38.1 Å². The first-order valence-electron chi connectivity index (χ1n) is 8.94. The molecular formula is C16H32O8S2. The van der Waals surface area contributed by atoms with Crippen LogP contribution in [0.3, 0.4) is 0 Å². The summed E-state index contributed by atoms with van der Waals surface area (Å²) in [5.41, 5.74) is 0. The first kappa shape index (κ1) is 25.3. The van der Waals surface area contributed by atoms with Crippen molar-refractivity contribution < 1.29 is 34.7 Å². The number of carbonyl (C=O) groups excluding carboxylic acids is 1. The van der Waals surface area contributed by atoms with Gasteiger partial charge in [-0.15, -0.1) is 0 Å². The van der Waals surface area contributed by atoms with Gasteiger partial charge in [0, 0.05) is 0 Å². The predicted molar refractivity (Wildman–Crippen MR) is 98.7 cm³/mol. The van der Waals surface area contributed by atoms with E-state index in [9.17, 15) is 21.6 Å². The van der Waals surface area contributed by atoms with Gasteiger partial charge in [0.05, 0.1) is 25.7 Å². The van der Waals surface area contributed by atoms with E-state index in [2.05, 4.69) is 11.1 Å². The molecule has 0 fully saturated rings. The summed E-state index contributed by atoms with van der Waals surface area (Å²) in [5, 5.41) is 0. The van der Waals surface area contributed by atoms with Crippen molar-refractivity contribution in [2.24, 2.45) is 0 Å². The summed E-state index contributed by atoms with van der Waals surface area (Å²) in [6.07, 6.45) is 7.67. The smallest absolute Gasteiger partial charge is 0.336 e. The van der Waals surface area contributed by atoms with Crippen molar-refractivity contribution in [1.82, 2.24) is 0 Å². The molecule has 26 heavy (non-hydrogen) atoms. The summed E-state index contributed by atoms with van der Waals surface area (Å²) in [5.74, 6) is -0.715. The Hall–Kier alpha value is -0.710. The number of carbonyl (C=O) groups is 1. The monoisotopic (exact) mass is 416 g/mol. The zero-order chi connectivity index (χ0) is 20.1. The molecular weight excluding hydrogens is 384 g/mol. The molecule has 1 atom stereocenters. The largest absolute Gasteiger partial charge is 0.464 e. The molecule has 0 aromatic heterocycles. The maximum atomic E-state index is 12.0. The Balaban J connectivity index is 4.21. The van der Waals surface area contributed by atoms with Gasteiger partial charge in [0.2, 0.25) is 0 Å². The van der Waals surface area contributed by atoms with Crippen molar-refractivity contribution in [3.8, 4) is 0 Å². The summed E-state index contributed by atoms with van der Waals surface area (Å²) in [4.78, 5) is 12.0. The molecule has 0 aliphatic heterocycles. The van der Waals surface area contributed by atoms with Gasteiger partial charge in [-0.25, -0.2) is 4.79 Å². The van der Waals surface area contributed by atoms with E-state index >= 15 is 0 Å². The minimum atomic E-state index is -3.81. The van der Waals surface area contributed by atoms with Crippen molar-refractivity contribution in [3.05, 3.63) is 0 Å². The standard InChI is InChI=1S/C16H32O8S2/c1-4-5-6-7-8-10-13-22-16(17)15(24-26(3,20)21)12-9-11-14-23-25(2,18)19/h15H,4-14H2,1-3H3. The summed E-state index contributed by atoms with van der Waals surface area (Å²) >= 11 is 0. The topological polar surface area (TPSA) is 113 Å². The molecule has 0 aliphatic carbocycles. The third-order valence-electron chi connectivity index (χ3n) is 3.45. The molecule has 0 amide bonds. The normalized spacial score (nSPS) is 13.5. The zero-order valence-electron chi connectivity index (χ0n) is 15.9. The highest BCUT2D eigenvalue weighted by Crippen LogP contribution is 2.12. The number of ether oxygens (including phenoxy) is 1. The number of esters is 1. The number of rotatable bonds is 16. The average molecular weight is 417 g/mol. The van der Waals surface area contributed by atoms with E-state index < -0.39 is 32.3 Å². The number of hydrogen-bond acceptors (Lipinski definition) is 8. The molecule has 0 N–H and O–H groups in total. The maximum Gasteiger partial charge on any atom is 0.336 e. The lowest BCUT2D eigenvalue weighted by atomic mass is 10.1. The van der Waals surface area contributed by atoms with E-state index in [4.69, 9.17) is 8.92 Å². The van der Waals surface area contributed by atoms with E-state index in [0.29, 0.717) is 12.8 Å². The third kappa shape index (κ3) is 16.7. The predicted octanol–water partition coefficient (Wildman–Crippen LogP) is 2.38. The lowest BCUT2D eigenvalue weighted by Gasteiger charge is -2.15. The van der Waals surface area contributed by atoms with Crippen LogP contribution in [0.1, 0.15) is 64.7 Å². The molecule has 0 aliphatic rings. The van der Waals surface area contributed by atoms with Gasteiger partial charge in [0.25, 0.3) is 20.2 Å². The quantitative estimate of drug-likeness (QED) is 0.214. The first-order chi connectivity index (χ1) is 12.0. The number of hydrogen-bond donors (Lipinski definition) is 0. The van der Waals surface area contributed by atoms with E-state index in [1.807, 2.05) is 0 Å². The van der Waals surface area contributed by atoms with E-state index in [1.165, 1.54) is 6.42 Å². The lowest BCUT2D eigenvalue weighted by Crippen LogP contribution is -2.29. The molecule has 0 radical (unpaired) electrons. The van der Waals surface area contributed by atoms with Gasteiger partial charge in [-0.05, 0) is 25.7 Å². The Labute approximate surface area is 157 Å². The van der Waals surface area contributed by atoms with Gasteiger partial charge in [0.15, 0.2) is 6.10 Å². The highest BCUT2D eigenvalue weighted by atomic mass is 32.2. The minimum absolute atomic E-state index is 0.0305. The van der Waals surface area contributed by atoms with Crippen LogP contribution in [-0.4, -0.2) is 54.6 Å².